The smallest absolute Gasteiger partial charge is 0.227 e. The lowest BCUT2D eigenvalue weighted by molar-refractivity contribution is -0.118. The summed E-state index contributed by atoms with van der Waals surface area (Å²) in [4.78, 5) is 21.2. The van der Waals surface area contributed by atoms with Gasteiger partial charge in [-0.15, -0.1) is 0 Å². The van der Waals surface area contributed by atoms with Crippen molar-refractivity contribution in [1.82, 2.24) is 9.88 Å². The Morgan fingerprint density at radius 3 is 3.04 bits per heavy atom. The first-order chi connectivity index (χ1) is 12.2. The molecule has 1 aromatic carbocycles. The van der Waals surface area contributed by atoms with E-state index < -0.39 is 0 Å². The van der Waals surface area contributed by atoms with Gasteiger partial charge in [-0.1, -0.05) is 18.2 Å². The van der Waals surface area contributed by atoms with Crippen LogP contribution >= 0.6 is 0 Å². The molecule has 1 saturated heterocycles. The second kappa shape index (κ2) is 6.92. The van der Waals surface area contributed by atoms with Crippen LogP contribution in [0.25, 0.3) is 0 Å². The second-order valence-corrected chi connectivity index (χ2v) is 6.91. The highest BCUT2D eigenvalue weighted by Gasteiger charge is 2.33. The Labute approximate surface area is 147 Å². The third-order valence-electron chi connectivity index (χ3n) is 5.24. The number of rotatable bonds is 3. The molecule has 5 heteroatoms. The summed E-state index contributed by atoms with van der Waals surface area (Å²) in [6.07, 6.45) is 6.04. The zero-order valence-electron chi connectivity index (χ0n) is 14.2. The molecule has 0 unspecified atom stereocenters. The van der Waals surface area contributed by atoms with E-state index in [1.165, 1.54) is 24.2 Å². The molecule has 1 atom stereocenters. The van der Waals surface area contributed by atoms with Gasteiger partial charge >= 0.3 is 0 Å². The molecule has 0 aliphatic carbocycles. The van der Waals surface area contributed by atoms with Crippen molar-refractivity contribution in [2.24, 2.45) is 0 Å². The van der Waals surface area contributed by atoms with E-state index in [4.69, 9.17) is 0 Å². The maximum absolute atomic E-state index is 13.3. The van der Waals surface area contributed by atoms with Crippen LogP contribution in [0.15, 0.2) is 42.7 Å². The minimum atomic E-state index is -0.355. The molecule has 0 spiro atoms. The molecule has 4 rings (SSSR count). The number of para-hydroxylation sites is 1. The third-order valence-corrected chi connectivity index (χ3v) is 5.24. The van der Waals surface area contributed by atoms with Crippen LogP contribution in [0.5, 0.6) is 0 Å². The van der Waals surface area contributed by atoms with E-state index in [9.17, 15) is 9.18 Å². The van der Waals surface area contributed by atoms with Gasteiger partial charge in [0.15, 0.2) is 0 Å². The number of carbonyl (C=O) groups is 1. The average Bonchev–Trinajstić information content (AvgIpc) is 2.99. The molecule has 2 aliphatic rings. The van der Waals surface area contributed by atoms with Gasteiger partial charge in [-0.25, -0.2) is 4.39 Å². The first kappa shape index (κ1) is 16.2. The molecule has 0 radical (unpaired) electrons. The standard InChI is InChI=1S/C20H22FN3O/c21-17-10-15(11-22-12-17)7-8-20(25)24-14-18-5-3-9-23(18)13-16-4-1-2-6-19(16)24/h1-2,4,6,10-12,18H,3,5,7-9,13-14H2/t18-/m1/s1. The van der Waals surface area contributed by atoms with Crippen molar-refractivity contribution in [3.05, 3.63) is 59.7 Å². The van der Waals surface area contributed by atoms with Crippen LogP contribution in [0.3, 0.4) is 0 Å². The average molecular weight is 339 g/mol. The number of aromatic nitrogens is 1. The normalized spacial score (nSPS) is 20.0. The number of hydrogen-bond donors (Lipinski definition) is 0. The lowest BCUT2D eigenvalue weighted by Crippen LogP contribution is -2.40. The Morgan fingerprint density at radius 1 is 1.28 bits per heavy atom. The number of amides is 1. The number of fused-ring (bicyclic) bond motifs is 2. The zero-order chi connectivity index (χ0) is 17.2. The molecule has 1 amide bonds. The SMILES string of the molecule is O=C(CCc1cncc(F)c1)N1C[C@H]2CCCN2Cc2ccccc21. The summed E-state index contributed by atoms with van der Waals surface area (Å²) in [7, 11) is 0. The molecular formula is C20H22FN3O. The molecule has 1 fully saturated rings. The summed E-state index contributed by atoms with van der Waals surface area (Å²) in [5.41, 5.74) is 3.01. The van der Waals surface area contributed by atoms with Gasteiger partial charge in [0.25, 0.3) is 0 Å². The van der Waals surface area contributed by atoms with E-state index in [1.807, 2.05) is 23.1 Å². The first-order valence-electron chi connectivity index (χ1n) is 8.92. The summed E-state index contributed by atoms with van der Waals surface area (Å²) in [6, 6.07) is 10.1. The lowest BCUT2D eigenvalue weighted by Gasteiger charge is -2.26. The molecule has 0 saturated carbocycles. The Kier molecular flexibility index (Phi) is 4.49. The van der Waals surface area contributed by atoms with Crippen LogP contribution in [0.2, 0.25) is 0 Å². The van der Waals surface area contributed by atoms with Gasteiger partial charge in [-0.2, -0.15) is 0 Å². The first-order valence-corrected chi connectivity index (χ1v) is 8.92. The highest BCUT2D eigenvalue weighted by molar-refractivity contribution is 5.94. The Hall–Kier alpha value is -2.27. The van der Waals surface area contributed by atoms with Crippen LogP contribution < -0.4 is 4.90 Å². The minimum absolute atomic E-state index is 0.102. The fraction of sp³-hybridized carbons (Fsp3) is 0.400. The predicted molar refractivity (Wildman–Crippen MR) is 94.7 cm³/mol. The van der Waals surface area contributed by atoms with Crippen molar-refractivity contribution in [1.29, 1.82) is 0 Å². The Morgan fingerprint density at radius 2 is 2.16 bits per heavy atom. The fourth-order valence-electron chi connectivity index (χ4n) is 3.96. The van der Waals surface area contributed by atoms with Crippen molar-refractivity contribution < 1.29 is 9.18 Å². The van der Waals surface area contributed by atoms with Crippen molar-refractivity contribution in [3.63, 3.8) is 0 Å². The summed E-state index contributed by atoms with van der Waals surface area (Å²) in [5, 5.41) is 0. The van der Waals surface area contributed by atoms with E-state index in [-0.39, 0.29) is 11.7 Å². The summed E-state index contributed by atoms with van der Waals surface area (Å²) < 4.78 is 13.3. The van der Waals surface area contributed by atoms with Crippen LogP contribution in [-0.4, -0.2) is 34.9 Å². The van der Waals surface area contributed by atoms with E-state index in [2.05, 4.69) is 16.0 Å². The largest absolute Gasteiger partial charge is 0.311 e. The van der Waals surface area contributed by atoms with Crippen LogP contribution in [0.1, 0.15) is 30.4 Å². The number of benzene rings is 1. The number of hydrogen-bond acceptors (Lipinski definition) is 3. The summed E-state index contributed by atoms with van der Waals surface area (Å²) >= 11 is 0. The van der Waals surface area contributed by atoms with E-state index in [1.54, 1.807) is 6.20 Å². The van der Waals surface area contributed by atoms with Crippen LogP contribution in [0.4, 0.5) is 10.1 Å². The monoisotopic (exact) mass is 339 g/mol. The third kappa shape index (κ3) is 3.42. The van der Waals surface area contributed by atoms with E-state index in [0.29, 0.717) is 18.9 Å². The summed E-state index contributed by atoms with van der Waals surface area (Å²) in [5.74, 6) is -0.253. The van der Waals surface area contributed by atoms with E-state index >= 15 is 0 Å². The van der Waals surface area contributed by atoms with Gasteiger partial charge in [0.05, 0.1) is 6.20 Å². The lowest BCUT2D eigenvalue weighted by atomic mass is 10.1. The van der Waals surface area contributed by atoms with Crippen LogP contribution in [-0.2, 0) is 17.8 Å². The maximum Gasteiger partial charge on any atom is 0.227 e. The second-order valence-electron chi connectivity index (χ2n) is 6.91. The van der Waals surface area contributed by atoms with Crippen molar-refractivity contribution >= 4 is 11.6 Å². The van der Waals surface area contributed by atoms with Crippen molar-refractivity contribution in [2.75, 3.05) is 18.0 Å². The molecule has 4 nitrogen and oxygen atoms in total. The van der Waals surface area contributed by atoms with Gasteiger partial charge in [-0.3, -0.25) is 14.7 Å². The molecule has 1 aromatic heterocycles. The number of pyridine rings is 1. The van der Waals surface area contributed by atoms with Crippen LogP contribution in [0, 0.1) is 5.82 Å². The predicted octanol–water partition coefficient (Wildman–Crippen LogP) is 3.16. The molecule has 2 aliphatic heterocycles. The Balaban J connectivity index is 1.54. The number of halogens is 1. The van der Waals surface area contributed by atoms with Gasteiger partial charge in [0, 0.05) is 37.4 Å². The number of aryl methyl sites for hydroxylation is 1. The highest BCUT2D eigenvalue weighted by atomic mass is 19.1. The quantitative estimate of drug-likeness (QED) is 0.862. The molecule has 25 heavy (non-hydrogen) atoms. The zero-order valence-corrected chi connectivity index (χ0v) is 14.2. The van der Waals surface area contributed by atoms with Gasteiger partial charge in [0.1, 0.15) is 5.82 Å². The number of carbonyl (C=O) groups excluding carboxylic acids is 1. The molecule has 3 heterocycles. The minimum Gasteiger partial charge on any atom is -0.311 e. The highest BCUT2D eigenvalue weighted by Crippen LogP contribution is 2.31. The van der Waals surface area contributed by atoms with Gasteiger partial charge < -0.3 is 4.90 Å². The van der Waals surface area contributed by atoms with Crippen molar-refractivity contribution in [3.8, 4) is 0 Å². The molecule has 0 N–H and O–H groups in total. The van der Waals surface area contributed by atoms with Crippen molar-refractivity contribution in [2.45, 2.75) is 38.3 Å². The topological polar surface area (TPSA) is 36.4 Å². The van der Waals surface area contributed by atoms with E-state index in [0.717, 1.165) is 37.3 Å². The number of anilines is 1. The molecule has 130 valence electrons. The molecule has 2 aromatic rings. The van der Waals surface area contributed by atoms with Gasteiger partial charge in [-0.05, 0) is 49.1 Å². The molecule has 0 bridgehead atoms. The number of nitrogens with zero attached hydrogens (tertiary/aromatic N) is 3. The Bertz CT molecular complexity index is 779. The summed E-state index contributed by atoms with van der Waals surface area (Å²) in [6.45, 7) is 2.77. The van der Waals surface area contributed by atoms with Gasteiger partial charge in [0.2, 0.25) is 5.91 Å². The maximum atomic E-state index is 13.3. The molecular weight excluding hydrogens is 317 g/mol. The fourth-order valence-corrected chi connectivity index (χ4v) is 3.96.